The van der Waals surface area contributed by atoms with Crippen molar-refractivity contribution >= 4 is 24.0 Å². The fourth-order valence-corrected chi connectivity index (χ4v) is 1.89. The number of nitrogens with zero attached hydrogens (tertiary/aromatic N) is 1. The molecule has 0 aliphatic rings. The Labute approximate surface area is 128 Å². The number of carbonyl (C=O) groups is 1. The lowest BCUT2D eigenvalue weighted by molar-refractivity contribution is -0.385. The molecule has 21 heavy (non-hydrogen) atoms. The highest BCUT2D eigenvalue weighted by atomic mass is 35.5. The first-order chi connectivity index (χ1) is 9.37. The highest BCUT2D eigenvalue weighted by Gasteiger charge is 2.27. The van der Waals surface area contributed by atoms with Gasteiger partial charge in [-0.3, -0.25) is 14.9 Å². The van der Waals surface area contributed by atoms with Crippen LogP contribution in [-0.2, 0) is 0 Å². The number of nitro benzene ring substituents is 1. The number of nitrogens with two attached hydrogens (primary N) is 1. The van der Waals surface area contributed by atoms with Crippen molar-refractivity contribution in [3.8, 4) is 0 Å². The number of carbonyl (C=O) groups excluding carboxylic acids is 1. The van der Waals surface area contributed by atoms with Crippen LogP contribution in [0, 0.1) is 15.9 Å². The summed E-state index contributed by atoms with van der Waals surface area (Å²) in [6.07, 6.45) is 1.23. The second-order valence-electron chi connectivity index (χ2n) is 4.60. The molecule has 1 amide bonds. The summed E-state index contributed by atoms with van der Waals surface area (Å²) < 4.78 is 13.3. The van der Waals surface area contributed by atoms with Gasteiger partial charge >= 0.3 is 0 Å². The Morgan fingerprint density at radius 1 is 1.38 bits per heavy atom. The topological polar surface area (TPSA) is 98.3 Å². The van der Waals surface area contributed by atoms with Crippen molar-refractivity contribution in [3.05, 3.63) is 39.7 Å². The predicted molar refractivity (Wildman–Crippen MR) is 80.1 cm³/mol. The van der Waals surface area contributed by atoms with Crippen molar-refractivity contribution in [3.63, 3.8) is 0 Å². The third-order valence-electron chi connectivity index (χ3n) is 3.48. The zero-order valence-electron chi connectivity index (χ0n) is 11.9. The molecule has 0 heterocycles. The van der Waals surface area contributed by atoms with Gasteiger partial charge in [-0.1, -0.05) is 13.8 Å². The molecule has 118 valence electrons. The van der Waals surface area contributed by atoms with Crippen molar-refractivity contribution < 1.29 is 14.1 Å². The smallest absolute Gasteiger partial charge is 0.273 e. The van der Waals surface area contributed by atoms with E-state index in [0.717, 1.165) is 18.2 Å². The molecule has 1 aromatic carbocycles. The Hall–Kier alpha value is -1.73. The van der Waals surface area contributed by atoms with Gasteiger partial charge in [-0.25, -0.2) is 4.39 Å². The number of non-ortho nitro benzene ring substituents is 1. The lowest BCUT2D eigenvalue weighted by atomic mass is 9.92. The quantitative estimate of drug-likeness (QED) is 0.621. The fourth-order valence-electron chi connectivity index (χ4n) is 1.89. The van der Waals surface area contributed by atoms with Gasteiger partial charge in [0.15, 0.2) is 0 Å². The lowest BCUT2D eigenvalue weighted by Gasteiger charge is -2.31. The van der Waals surface area contributed by atoms with Crippen molar-refractivity contribution in [2.75, 3.05) is 6.54 Å². The Balaban J connectivity index is 0.00000400. The second-order valence-corrected chi connectivity index (χ2v) is 4.60. The third-order valence-corrected chi connectivity index (χ3v) is 3.48. The van der Waals surface area contributed by atoms with E-state index < -0.39 is 27.9 Å². The van der Waals surface area contributed by atoms with Crippen LogP contribution in [0.2, 0.25) is 0 Å². The van der Waals surface area contributed by atoms with E-state index >= 15 is 0 Å². The van der Waals surface area contributed by atoms with Crippen molar-refractivity contribution in [1.82, 2.24) is 5.32 Å². The molecule has 0 bridgehead atoms. The fraction of sp³-hybridized carbons (Fsp3) is 0.462. The molecule has 0 saturated heterocycles. The number of amides is 1. The van der Waals surface area contributed by atoms with Gasteiger partial charge in [0.1, 0.15) is 5.82 Å². The lowest BCUT2D eigenvalue weighted by Crippen LogP contribution is -2.52. The van der Waals surface area contributed by atoms with E-state index in [2.05, 4.69) is 5.32 Å². The molecular weight excluding hydrogens is 301 g/mol. The summed E-state index contributed by atoms with van der Waals surface area (Å²) >= 11 is 0. The average molecular weight is 320 g/mol. The molecule has 0 saturated carbocycles. The number of benzene rings is 1. The SMILES string of the molecule is CCC(CC)(CN)NC(=O)c1cc(F)cc([N+](=O)[O-])c1.Cl. The van der Waals surface area contributed by atoms with Gasteiger partial charge < -0.3 is 11.1 Å². The van der Waals surface area contributed by atoms with Crippen molar-refractivity contribution in [1.29, 1.82) is 0 Å². The zero-order chi connectivity index (χ0) is 15.3. The molecule has 0 spiro atoms. The first-order valence-corrected chi connectivity index (χ1v) is 6.35. The van der Waals surface area contributed by atoms with Crippen LogP contribution in [0.25, 0.3) is 0 Å². The zero-order valence-corrected chi connectivity index (χ0v) is 12.7. The highest BCUT2D eigenvalue weighted by Crippen LogP contribution is 2.19. The summed E-state index contributed by atoms with van der Waals surface area (Å²) in [5.74, 6) is -1.39. The maximum atomic E-state index is 13.3. The molecule has 6 nitrogen and oxygen atoms in total. The molecule has 0 unspecified atom stereocenters. The van der Waals surface area contributed by atoms with E-state index in [1.807, 2.05) is 13.8 Å². The Morgan fingerprint density at radius 2 is 1.95 bits per heavy atom. The first-order valence-electron chi connectivity index (χ1n) is 6.35. The van der Waals surface area contributed by atoms with Crippen molar-refractivity contribution in [2.45, 2.75) is 32.2 Å². The molecule has 0 aromatic heterocycles. The summed E-state index contributed by atoms with van der Waals surface area (Å²) in [6, 6.07) is 2.78. The van der Waals surface area contributed by atoms with Crippen LogP contribution in [0.1, 0.15) is 37.0 Å². The minimum Gasteiger partial charge on any atom is -0.345 e. The van der Waals surface area contributed by atoms with Crippen LogP contribution in [0.3, 0.4) is 0 Å². The minimum atomic E-state index is -0.823. The number of nitro groups is 1. The average Bonchev–Trinajstić information content (AvgIpc) is 2.44. The normalized spacial score (nSPS) is 10.7. The van der Waals surface area contributed by atoms with Crippen LogP contribution in [-0.4, -0.2) is 22.9 Å². The summed E-state index contributed by atoms with van der Waals surface area (Å²) in [4.78, 5) is 22.0. The van der Waals surface area contributed by atoms with E-state index in [0.29, 0.717) is 12.8 Å². The van der Waals surface area contributed by atoms with E-state index in [1.165, 1.54) is 0 Å². The molecule has 3 N–H and O–H groups in total. The largest absolute Gasteiger partial charge is 0.345 e. The summed E-state index contributed by atoms with van der Waals surface area (Å²) in [5.41, 5.74) is 4.54. The number of nitrogens with one attached hydrogen (secondary N) is 1. The standard InChI is InChI=1S/C13H18FN3O3.ClH/c1-3-13(4-2,8-15)16-12(18)9-5-10(14)7-11(6-9)17(19)20;/h5-7H,3-4,8,15H2,1-2H3,(H,16,18);1H. The monoisotopic (exact) mass is 319 g/mol. The number of rotatable bonds is 6. The van der Waals surface area contributed by atoms with Crippen molar-refractivity contribution in [2.24, 2.45) is 5.73 Å². The maximum absolute atomic E-state index is 13.3. The molecular formula is C13H19ClFN3O3. The van der Waals surface area contributed by atoms with E-state index in [1.54, 1.807) is 0 Å². The Kier molecular flexibility index (Phi) is 7.25. The van der Waals surface area contributed by atoms with Gasteiger partial charge in [0, 0.05) is 18.2 Å². The third kappa shape index (κ3) is 4.64. The van der Waals surface area contributed by atoms with E-state index in [4.69, 9.17) is 5.73 Å². The van der Waals surface area contributed by atoms with Crippen LogP contribution in [0.15, 0.2) is 18.2 Å². The van der Waals surface area contributed by atoms with Crippen LogP contribution >= 0.6 is 12.4 Å². The minimum absolute atomic E-state index is 0. The Bertz CT molecular complexity index is 513. The number of halogens is 2. The molecule has 1 rings (SSSR count). The number of hydrogen-bond donors (Lipinski definition) is 2. The van der Waals surface area contributed by atoms with Gasteiger partial charge in [0.2, 0.25) is 0 Å². The van der Waals surface area contributed by atoms with Gasteiger partial charge in [-0.15, -0.1) is 12.4 Å². The summed E-state index contributed by atoms with van der Waals surface area (Å²) in [6.45, 7) is 4.00. The van der Waals surface area contributed by atoms with Crippen LogP contribution < -0.4 is 11.1 Å². The van der Waals surface area contributed by atoms with Crippen LogP contribution in [0.5, 0.6) is 0 Å². The molecule has 0 fully saturated rings. The first kappa shape index (κ1) is 19.3. The van der Waals surface area contributed by atoms with E-state index in [-0.39, 0.29) is 24.5 Å². The molecule has 0 radical (unpaired) electrons. The summed E-state index contributed by atoms with van der Waals surface area (Å²) in [5, 5.41) is 13.4. The second kappa shape index (κ2) is 7.90. The molecule has 0 atom stereocenters. The molecule has 8 heteroatoms. The van der Waals surface area contributed by atoms with Gasteiger partial charge in [0.05, 0.1) is 16.5 Å². The molecule has 0 aliphatic carbocycles. The van der Waals surface area contributed by atoms with Crippen LogP contribution in [0.4, 0.5) is 10.1 Å². The molecule has 1 aromatic rings. The Morgan fingerprint density at radius 3 is 2.38 bits per heavy atom. The van der Waals surface area contributed by atoms with E-state index in [9.17, 15) is 19.3 Å². The molecule has 0 aliphatic heterocycles. The highest BCUT2D eigenvalue weighted by molar-refractivity contribution is 5.95. The summed E-state index contributed by atoms with van der Waals surface area (Å²) in [7, 11) is 0. The predicted octanol–water partition coefficient (Wildman–Crippen LogP) is 2.40. The van der Waals surface area contributed by atoms with Gasteiger partial charge in [0.25, 0.3) is 11.6 Å². The maximum Gasteiger partial charge on any atom is 0.273 e. The number of hydrogen-bond acceptors (Lipinski definition) is 4. The van der Waals surface area contributed by atoms with Gasteiger partial charge in [-0.2, -0.15) is 0 Å². The van der Waals surface area contributed by atoms with Gasteiger partial charge in [-0.05, 0) is 18.9 Å².